The predicted molar refractivity (Wildman–Crippen MR) is 72.0 cm³/mol. The fourth-order valence-electron chi connectivity index (χ4n) is 2.09. The predicted octanol–water partition coefficient (Wildman–Crippen LogP) is 0.401. The van der Waals surface area contributed by atoms with Gasteiger partial charge in [-0.3, -0.25) is 9.58 Å². The first-order chi connectivity index (χ1) is 9.74. The molecule has 0 N–H and O–H groups in total. The molecule has 20 heavy (non-hydrogen) atoms. The van der Waals surface area contributed by atoms with Gasteiger partial charge in [-0.1, -0.05) is 0 Å². The van der Waals surface area contributed by atoms with Crippen LogP contribution in [0.4, 0.5) is 0 Å². The van der Waals surface area contributed by atoms with Gasteiger partial charge in [0.25, 0.3) is 0 Å². The van der Waals surface area contributed by atoms with Crippen LogP contribution >= 0.6 is 0 Å². The first-order valence-corrected chi connectivity index (χ1v) is 6.83. The molecule has 1 fully saturated rings. The van der Waals surface area contributed by atoms with Crippen LogP contribution in [0.3, 0.4) is 0 Å². The normalized spacial score (nSPS) is 16.1. The highest BCUT2D eigenvalue weighted by Crippen LogP contribution is 2.16. The molecule has 0 aromatic carbocycles. The summed E-state index contributed by atoms with van der Waals surface area (Å²) in [5.74, 6) is -0.0904. The van der Waals surface area contributed by atoms with Crippen LogP contribution in [-0.2, 0) is 16.0 Å². The van der Waals surface area contributed by atoms with Crippen LogP contribution in [0, 0.1) is 0 Å². The molecule has 1 aromatic rings. The van der Waals surface area contributed by atoms with E-state index >= 15 is 0 Å². The average molecular weight is 283 g/mol. The standard InChI is InChI=1S/C13H21N3O4/c1-3-20-13(17)11-10-16(14-12(11)18-2)5-4-15-6-8-19-9-7-15/h10H,3-9H2,1-2H3. The molecule has 2 rings (SSSR count). The summed E-state index contributed by atoms with van der Waals surface area (Å²) in [6.45, 7) is 7.10. The summed E-state index contributed by atoms with van der Waals surface area (Å²) in [4.78, 5) is 14.1. The molecule has 1 aliphatic heterocycles. The SMILES string of the molecule is CCOC(=O)c1cn(CCN2CCOCC2)nc1OC. The highest BCUT2D eigenvalue weighted by atomic mass is 16.5. The molecular weight excluding hydrogens is 262 g/mol. The lowest BCUT2D eigenvalue weighted by Gasteiger charge is -2.26. The summed E-state index contributed by atoms with van der Waals surface area (Å²) in [6, 6.07) is 0. The highest BCUT2D eigenvalue weighted by Gasteiger charge is 2.18. The van der Waals surface area contributed by atoms with Crippen molar-refractivity contribution in [3.63, 3.8) is 0 Å². The van der Waals surface area contributed by atoms with Gasteiger partial charge in [-0.25, -0.2) is 4.79 Å². The number of carbonyl (C=O) groups excluding carboxylic acids is 1. The molecule has 0 amide bonds. The molecule has 2 heterocycles. The molecule has 0 saturated carbocycles. The van der Waals surface area contributed by atoms with Crippen LogP contribution in [0.1, 0.15) is 17.3 Å². The third-order valence-corrected chi connectivity index (χ3v) is 3.17. The fourth-order valence-corrected chi connectivity index (χ4v) is 2.09. The van der Waals surface area contributed by atoms with Gasteiger partial charge in [-0.05, 0) is 6.92 Å². The number of ether oxygens (including phenoxy) is 3. The van der Waals surface area contributed by atoms with Gasteiger partial charge >= 0.3 is 5.97 Å². The minimum absolute atomic E-state index is 0.311. The van der Waals surface area contributed by atoms with E-state index in [-0.39, 0.29) is 0 Å². The summed E-state index contributed by atoms with van der Waals surface area (Å²) < 4.78 is 17.1. The summed E-state index contributed by atoms with van der Waals surface area (Å²) in [5, 5.41) is 4.25. The second-order valence-electron chi connectivity index (χ2n) is 4.49. The number of rotatable bonds is 6. The van der Waals surface area contributed by atoms with Gasteiger partial charge in [0.2, 0.25) is 5.88 Å². The number of carbonyl (C=O) groups is 1. The van der Waals surface area contributed by atoms with Crippen molar-refractivity contribution in [1.82, 2.24) is 14.7 Å². The van der Waals surface area contributed by atoms with E-state index < -0.39 is 5.97 Å². The van der Waals surface area contributed by atoms with Crippen molar-refractivity contribution in [1.29, 1.82) is 0 Å². The number of aromatic nitrogens is 2. The van der Waals surface area contributed by atoms with Gasteiger partial charge in [-0.2, -0.15) is 0 Å². The lowest BCUT2D eigenvalue weighted by Crippen LogP contribution is -2.38. The maximum atomic E-state index is 11.8. The average Bonchev–Trinajstić information content (AvgIpc) is 2.90. The van der Waals surface area contributed by atoms with E-state index in [9.17, 15) is 4.79 Å². The topological polar surface area (TPSA) is 65.8 Å². The highest BCUT2D eigenvalue weighted by molar-refractivity contribution is 5.91. The van der Waals surface area contributed by atoms with E-state index in [2.05, 4.69) is 10.00 Å². The van der Waals surface area contributed by atoms with Gasteiger partial charge in [0.05, 0.1) is 33.5 Å². The zero-order valence-electron chi connectivity index (χ0n) is 12.0. The molecule has 0 atom stereocenters. The molecule has 1 saturated heterocycles. The number of methoxy groups -OCH3 is 1. The largest absolute Gasteiger partial charge is 0.479 e. The van der Waals surface area contributed by atoms with E-state index in [0.29, 0.717) is 24.6 Å². The molecule has 7 nitrogen and oxygen atoms in total. The van der Waals surface area contributed by atoms with Gasteiger partial charge in [0.15, 0.2) is 0 Å². The van der Waals surface area contributed by atoms with Gasteiger partial charge < -0.3 is 14.2 Å². The van der Waals surface area contributed by atoms with Crippen LogP contribution in [0.5, 0.6) is 5.88 Å². The molecule has 0 unspecified atom stereocenters. The van der Waals surface area contributed by atoms with Gasteiger partial charge in [0, 0.05) is 25.8 Å². The van der Waals surface area contributed by atoms with Crippen LogP contribution in [0.25, 0.3) is 0 Å². The first kappa shape index (κ1) is 14.8. The van der Waals surface area contributed by atoms with Crippen molar-refractivity contribution in [2.24, 2.45) is 0 Å². The van der Waals surface area contributed by atoms with Crippen LogP contribution in [-0.4, -0.2) is 67.2 Å². The summed E-state index contributed by atoms with van der Waals surface area (Å²) in [7, 11) is 1.50. The van der Waals surface area contributed by atoms with Crippen LogP contribution < -0.4 is 4.74 Å². The maximum absolute atomic E-state index is 11.8. The van der Waals surface area contributed by atoms with Gasteiger partial charge in [0.1, 0.15) is 5.56 Å². The minimum atomic E-state index is -0.401. The zero-order chi connectivity index (χ0) is 14.4. The van der Waals surface area contributed by atoms with E-state index in [0.717, 1.165) is 32.8 Å². The van der Waals surface area contributed by atoms with Crippen molar-refractivity contribution in [3.8, 4) is 5.88 Å². The minimum Gasteiger partial charge on any atom is -0.479 e. The number of morpholine rings is 1. The van der Waals surface area contributed by atoms with E-state index in [4.69, 9.17) is 14.2 Å². The summed E-state index contributed by atoms with van der Waals surface area (Å²) in [6.07, 6.45) is 1.68. The van der Waals surface area contributed by atoms with Gasteiger partial charge in [-0.15, -0.1) is 5.10 Å². The summed E-state index contributed by atoms with van der Waals surface area (Å²) in [5.41, 5.74) is 0.372. The Morgan fingerprint density at radius 1 is 1.40 bits per heavy atom. The fraction of sp³-hybridized carbons (Fsp3) is 0.692. The first-order valence-electron chi connectivity index (χ1n) is 6.83. The Bertz CT molecular complexity index is 441. The Morgan fingerprint density at radius 3 is 2.80 bits per heavy atom. The monoisotopic (exact) mass is 283 g/mol. The quantitative estimate of drug-likeness (QED) is 0.704. The molecule has 1 aromatic heterocycles. The van der Waals surface area contributed by atoms with Crippen molar-refractivity contribution in [2.75, 3.05) is 46.6 Å². The second kappa shape index (κ2) is 7.25. The molecule has 0 spiro atoms. The summed E-state index contributed by atoms with van der Waals surface area (Å²) >= 11 is 0. The molecular formula is C13H21N3O4. The Hall–Kier alpha value is -1.60. The van der Waals surface area contributed by atoms with E-state index in [1.165, 1.54) is 7.11 Å². The van der Waals surface area contributed by atoms with E-state index in [1.807, 2.05) is 0 Å². The number of nitrogens with zero attached hydrogens (tertiary/aromatic N) is 3. The lowest BCUT2D eigenvalue weighted by molar-refractivity contribution is 0.0359. The molecule has 112 valence electrons. The maximum Gasteiger partial charge on any atom is 0.345 e. The van der Waals surface area contributed by atoms with Crippen LogP contribution in [0.15, 0.2) is 6.20 Å². The van der Waals surface area contributed by atoms with E-state index in [1.54, 1.807) is 17.8 Å². The zero-order valence-corrected chi connectivity index (χ0v) is 12.0. The third-order valence-electron chi connectivity index (χ3n) is 3.17. The van der Waals surface area contributed by atoms with Crippen molar-refractivity contribution in [3.05, 3.63) is 11.8 Å². The Labute approximate surface area is 118 Å². The molecule has 1 aliphatic rings. The molecule has 0 aliphatic carbocycles. The second-order valence-corrected chi connectivity index (χ2v) is 4.49. The number of esters is 1. The Morgan fingerprint density at radius 2 is 2.15 bits per heavy atom. The van der Waals surface area contributed by atoms with Crippen molar-refractivity contribution >= 4 is 5.97 Å². The van der Waals surface area contributed by atoms with Crippen molar-refractivity contribution < 1.29 is 19.0 Å². The third kappa shape index (κ3) is 3.71. The van der Waals surface area contributed by atoms with Crippen LogP contribution in [0.2, 0.25) is 0 Å². The molecule has 0 bridgehead atoms. The number of hydrogen-bond acceptors (Lipinski definition) is 6. The van der Waals surface area contributed by atoms with Crippen molar-refractivity contribution in [2.45, 2.75) is 13.5 Å². The molecule has 0 radical (unpaired) electrons. The number of hydrogen-bond donors (Lipinski definition) is 0. The smallest absolute Gasteiger partial charge is 0.345 e. The Balaban J connectivity index is 1.95. The lowest BCUT2D eigenvalue weighted by atomic mass is 10.3. The molecule has 7 heteroatoms. The Kier molecular flexibility index (Phi) is 5.37.